The molecule has 0 aromatic carbocycles. The maximum absolute atomic E-state index is 12.7. The Morgan fingerprint density at radius 2 is 0.818 bits per heavy atom. The van der Waals surface area contributed by atoms with Crippen LogP contribution in [0.4, 0.5) is 0 Å². The average molecular weight is 951 g/mol. The van der Waals surface area contributed by atoms with Crippen LogP contribution in [0.15, 0.2) is 60.8 Å². The quantitative estimate of drug-likeness (QED) is 0.0236. The molecule has 0 aromatic heterocycles. The number of allylic oxidation sites excluding steroid dienone is 10. The van der Waals surface area contributed by atoms with Gasteiger partial charge in [0.2, 0.25) is 0 Å². The average Bonchev–Trinajstić information content (AvgIpc) is 3.31. The number of hydrogen-bond donors (Lipinski definition) is 3. The molecule has 0 amide bonds. The van der Waals surface area contributed by atoms with E-state index in [4.69, 9.17) is 23.6 Å². The van der Waals surface area contributed by atoms with Gasteiger partial charge in [-0.2, -0.15) is 0 Å². The van der Waals surface area contributed by atoms with Gasteiger partial charge >= 0.3 is 13.8 Å². The van der Waals surface area contributed by atoms with Crippen molar-refractivity contribution >= 4 is 13.8 Å². The Labute approximate surface area is 406 Å². The molecule has 0 aliphatic rings. The van der Waals surface area contributed by atoms with Crippen LogP contribution in [0.5, 0.6) is 0 Å². The Balaban J connectivity index is 4.07. The molecule has 0 heterocycles. The fourth-order valence-electron chi connectivity index (χ4n) is 7.51. The second-order valence-corrected chi connectivity index (χ2v) is 19.7. The van der Waals surface area contributed by atoms with Gasteiger partial charge in [-0.1, -0.05) is 216 Å². The van der Waals surface area contributed by atoms with Gasteiger partial charge in [0.15, 0.2) is 0 Å². The van der Waals surface area contributed by atoms with E-state index in [9.17, 15) is 19.4 Å². The lowest BCUT2D eigenvalue weighted by Gasteiger charge is -2.20. The minimum Gasteiger partial charge on any atom is -0.457 e. The van der Waals surface area contributed by atoms with E-state index >= 15 is 0 Å². The summed E-state index contributed by atoms with van der Waals surface area (Å²) in [6.45, 7) is 3.50. The molecule has 9 nitrogen and oxygen atoms in total. The number of carbonyl (C=O) groups is 1. The molecule has 0 spiro atoms. The summed E-state index contributed by atoms with van der Waals surface area (Å²) in [7, 11) is -4.53. The number of carbonyl (C=O) groups excluding carboxylic acids is 1. The Morgan fingerprint density at radius 3 is 1.23 bits per heavy atom. The second-order valence-electron chi connectivity index (χ2n) is 18.2. The molecule has 0 radical (unpaired) electrons. The molecular weight excluding hydrogens is 848 g/mol. The number of aliphatic hydroxyl groups is 2. The van der Waals surface area contributed by atoms with Crippen molar-refractivity contribution in [1.29, 1.82) is 0 Å². The van der Waals surface area contributed by atoms with Gasteiger partial charge in [0.25, 0.3) is 0 Å². The van der Waals surface area contributed by atoms with Gasteiger partial charge in [0, 0.05) is 13.0 Å². The maximum atomic E-state index is 12.7. The first-order valence-corrected chi connectivity index (χ1v) is 28.8. The van der Waals surface area contributed by atoms with Crippen molar-refractivity contribution in [2.24, 2.45) is 0 Å². The lowest BCUT2D eigenvalue weighted by Crippen LogP contribution is -2.29. The zero-order valence-electron chi connectivity index (χ0n) is 42.7. The molecule has 0 aromatic rings. The molecule has 3 unspecified atom stereocenters. The number of phosphoric acid groups is 1. The molecule has 0 fully saturated rings. The number of rotatable bonds is 52. The van der Waals surface area contributed by atoms with Crippen LogP contribution in [-0.4, -0.2) is 66.3 Å². The molecular formula is C56H103O9P. The van der Waals surface area contributed by atoms with E-state index in [1.54, 1.807) is 0 Å². The molecule has 0 saturated heterocycles. The van der Waals surface area contributed by atoms with Crippen molar-refractivity contribution in [2.75, 3.05) is 33.0 Å². The molecule has 0 aliphatic carbocycles. The largest absolute Gasteiger partial charge is 0.472 e. The van der Waals surface area contributed by atoms with Gasteiger partial charge in [-0.25, -0.2) is 4.57 Å². The highest BCUT2D eigenvalue weighted by atomic mass is 31.2. The first-order chi connectivity index (χ1) is 32.3. The smallest absolute Gasteiger partial charge is 0.457 e. The van der Waals surface area contributed by atoms with Crippen LogP contribution in [-0.2, 0) is 27.9 Å². The summed E-state index contributed by atoms with van der Waals surface area (Å²) in [4.78, 5) is 22.7. The molecule has 0 saturated carbocycles. The van der Waals surface area contributed by atoms with E-state index in [1.807, 2.05) is 0 Å². The van der Waals surface area contributed by atoms with Gasteiger partial charge in [0.1, 0.15) is 12.2 Å². The summed E-state index contributed by atoms with van der Waals surface area (Å²) in [5.41, 5.74) is 0. The molecule has 0 rings (SSSR count). The second kappa shape index (κ2) is 52.5. The molecule has 3 atom stereocenters. The van der Waals surface area contributed by atoms with Crippen LogP contribution in [0, 0.1) is 0 Å². The minimum atomic E-state index is -4.53. The lowest BCUT2D eigenvalue weighted by atomic mass is 10.0. The molecule has 386 valence electrons. The summed E-state index contributed by atoms with van der Waals surface area (Å²) < 4.78 is 33.6. The van der Waals surface area contributed by atoms with E-state index in [0.29, 0.717) is 13.0 Å². The lowest BCUT2D eigenvalue weighted by molar-refractivity contribution is -0.154. The van der Waals surface area contributed by atoms with Crippen molar-refractivity contribution in [2.45, 2.75) is 257 Å². The summed E-state index contributed by atoms with van der Waals surface area (Å²) in [5, 5.41) is 18.4. The molecule has 3 N–H and O–H groups in total. The third-order valence-corrected chi connectivity index (χ3v) is 12.6. The number of ether oxygens (including phenoxy) is 2. The fraction of sp³-hybridized carbons (Fsp3) is 0.804. The van der Waals surface area contributed by atoms with Crippen molar-refractivity contribution in [1.82, 2.24) is 0 Å². The summed E-state index contributed by atoms with van der Waals surface area (Å²) in [5.74, 6) is -0.394. The van der Waals surface area contributed by atoms with Crippen LogP contribution >= 0.6 is 7.82 Å². The number of phosphoric ester groups is 1. The summed E-state index contributed by atoms with van der Waals surface area (Å²) in [6.07, 6.45) is 63.3. The van der Waals surface area contributed by atoms with Crippen LogP contribution in [0.1, 0.15) is 245 Å². The molecule has 66 heavy (non-hydrogen) atoms. The van der Waals surface area contributed by atoms with E-state index in [1.165, 1.54) is 154 Å². The topological polar surface area (TPSA) is 132 Å². The third-order valence-electron chi connectivity index (χ3n) is 11.7. The van der Waals surface area contributed by atoms with Crippen molar-refractivity contribution in [3.8, 4) is 0 Å². The van der Waals surface area contributed by atoms with Crippen molar-refractivity contribution < 1.29 is 43.0 Å². The normalized spacial score (nSPS) is 14.2. The van der Waals surface area contributed by atoms with Crippen molar-refractivity contribution in [3.05, 3.63) is 60.8 Å². The Kier molecular flexibility index (Phi) is 51.1. The van der Waals surface area contributed by atoms with E-state index in [0.717, 1.165) is 64.2 Å². The Morgan fingerprint density at radius 1 is 0.470 bits per heavy atom. The molecule has 0 bridgehead atoms. The molecule has 10 heteroatoms. The minimum absolute atomic E-state index is 0.0417. The number of aliphatic hydroxyl groups excluding tert-OH is 2. The zero-order chi connectivity index (χ0) is 48.1. The highest BCUT2D eigenvalue weighted by molar-refractivity contribution is 7.47. The third kappa shape index (κ3) is 51.5. The van der Waals surface area contributed by atoms with E-state index in [-0.39, 0.29) is 19.6 Å². The first kappa shape index (κ1) is 64.2. The first-order valence-electron chi connectivity index (χ1n) is 27.3. The van der Waals surface area contributed by atoms with Gasteiger partial charge in [0.05, 0.1) is 26.4 Å². The standard InChI is InChI=1S/C56H103O9P/c1-3-5-7-9-11-13-15-17-19-21-23-25-26-27-29-31-33-35-37-39-41-43-45-47-49-62-52-55(53-64-66(60,61)63-51-54(58)50-57)65-56(59)48-46-44-42-40-38-36-34-32-30-28-24-22-20-18-16-14-12-10-8-6-4-2/h15-18,21-24,30,32,54-55,57-58H,3-14,19-20,25-29,31,33-53H2,1-2H3,(H,60,61)/b17-15-,18-16-,23-21-,24-22-,32-30-. The number of hydrogen-bond acceptors (Lipinski definition) is 8. The fourth-order valence-corrected chi connectivity index (χ4v) is 8.30. The van der Waals surface area contributed by atoms with Crippen LogP contribution in [0.2, 0.25) is 0 Å². The van der Waals surface area contributed by atoms with Gasteiger partial charge in [-0.15, -0.1) is 0 Å². The molecule has 0 aliphatic heterocycles. The van der Waals surface area contributed by atoms with Gasteiger partial charge in [-0.05, 0) is 83.5 Å². The van der Waals surface area contributed by atoms with E-state index in [2.05, 4.69) is 74.6 Å². The number of esters is 1. The van der Waals surface area contributed by atoms with Crippen molar-refractivity contribution in [3.63, 3.8) is 0 Å². The van der Waals surface area contributed by atoms with Crippen LogP contribution in [0.3, 0.4) is 0 Å². The predicted octanol–water partition coefficient (Wildman–Crippen LogP) is 16.3. The Hall–Kier alpha value is -1.84. The highest BCUT2D eigenvalue weighted by Crippen LogP contribution is 2.43. The highest BCUT2D eigenvalue weighted by Gasteiger charge is 2.26. The maximum Gasteiger partial charge on any atom is 0.472 e. The van der Waals surface area contributed by atoms with Crippen LogP contribution < -0.4 is 0 Å². The van der Waals surface area contributed by atoms with Gasteiger partial charge in [-0.3, -0.25) is 13.8 Å². The van der Waals surface area contributed by atoms with Crippen LogP contribution in [0.25, 0.3) is 0 Å². The number of unbranched alkanes of at least 4 members (excludes halogenated alkanes) is 28. The van der Waals surface area contributed by atoms with E-state index < -0.39 is 39.2 Å². The Bertz CT molecular complexity index is 1220. The zero-order valence-corrected chi connectivity index (χ0v) is 43.6. The summed E-state index contributed by atoms with van der Waals surface area (Å²) in [6, 6.07) is 0. The SMILES string of the molecule is CCCCCCC/C=C\C/C=C\C/C=C\CCCCCCCCC(=O)OC(COCCCCCCCCCCCCCC/C=C\C/C=C\CCCCCCC)COP(=O)(O)OCC(O)CO. The van der Waals surface area contributed by atoms with Gasteiger partial charge < -0.3 is 24.6 Å². The predicted molar refractivity (Wildman–Crippen MR) is 279 cm³/mol. The summed E-state index contributed by atoms with van der Waals surface area (Å²) >= 11 is 0. The monoisotopic (exact) mass is 951 g/mol.